The Bertz CT molecular complexity index is 523. The van der Waals surface area contributed by atoms with Gasteiger partial charge in [-0.2, -0.15) is 0 Å². The fourth-order valence-corrected chi connectivity index (χ4v) is 2.64. The summed E-state index contributed by atoms with van der Waals surface area (Å²) in [4.78, 5) is 15.9. The van der Waals surface area contributed by atoms with Crippen LogP contribution in [0.15, 0.2) is 24.3 Å². The number of anilines is 1. The molecule has 5 nitrogen and oxygen atoms in total. The topological polar surface area (TPSA) is 55.8 Å². The Kier molecular flexibility index (Phi) is 5.96. The highest BCUT2D eigenvalue weighted by molar-refractivity contribution is 5.83. The van der Waals surface area contributed by atoms with E-state index in [1.165, 1.54) is 19.9 Å². The van der Waals surface area contributed by atoms with E-state index in [4.69, 9.17) is 0 Å². The Hall–Kier alpha value is -1.66. The second kappa shape index (κ2) is 7.75. The van der Waals surface area contributed by atoms with Crippen molar-refractivity contribution in [1.82, 2.24) is 10.2 Å². The summed E-state index contributed by atoms with van der Waals surface area (Å²) in [6.07, 6.45) is 0.835. The summed E-state index contributed by atoms with van der Waals surface area (Å²) >= 11 is 0. The van der Waals surface area contributed by atoms with Gasteiger partial charge in [0.1, 0.15) is 11.4 Å². The summed E-state index contributed by atoms with van der Waals surface area (Å²) in [7, 11) is 0. The summed E-state index contributed by atoms with van der Waals surface area (Å²) in [6, 6.07) is 6.87. The second-order valence-corrected chi connectivity index (χ2v) is 6.45. The molecule has 1 aromatic carbocycles. The average Bonchev–Trinajstić information content (AvgIpc) is 2.51. The number of piperazine rings is 1. The molecule has 0 aliphatic carbocycles. The Balaban J connectivity index is 1.68. The van der Waals surface area contributed by atoms with Crippen LogP contribution in [0.4, 0.5) is 10.1 Å². The Morgan fingerprint density at radius 2 is 1.91 bits per heavy atom. The van der Waals surface area contributed by atoms with Crippen LogP contribution < -0.4 is 10.2 Å². The summed E-state index contributed by atoms with van der Waals surface area (Å²) < 4.78 is 13.8. The van der Waals surface area contributed by atoms with Crippen LogP contribution >= 0.6 is 0 Å². The van der Waals surface area contributed by atoms with E-state index in [2.05, 4.69) is 15.1 Å². The molecule has 1 aliphatic rings. The quantitative estimate of drug-likeness (QED) is 0.773. The lowest BCUT2D eigenvalue weighted by atomic mass is 10.1. The molecule has 1 heterocycles. The van der Waals surface area contributed by atoms with Gasteiger partial charge in [-0.15, -0.1) is 0 Å². The minimum Gasteiger partial charge on any atom is -0.381 e. The third kappa shape index (κ3) is 5.18. The van der Waals surface area contributed by atoms with Crippen molar-refractivity contribution >= 4 is 11.6 Å². The summed E-state index contributed by atoms with van der Waals surface area (Å²) in [5.41, 5.74) is -0.657. The molecule has 0 unspecified atom stereocenters. The Morgan fingerprint density at radius 3 is 2.52 bits per heavy atom. The first kappa shape index (κ1) is 17.7. The molecule has 6 heteroatoms. The molecule has 128 valence electrons. The molecule has 0 radical (unpaired) electrons. The number of carbonyl (C=O) groups excluding carboxylic acids is 1. The molecule has 1 aliphatic heterocycles. The van der Waals surface area contributed by atoms with Gasteiger partial charge in [0.05, 0.1) is 5.69 Å². The number of halogens is 1. The first-order valence-corrected chi connectivity index (χ1v) is 8.10. The van der Waals surface area contributed by atoms with Gasteiger partial charge in [-0.1, -0.05) is 12.1 Å². The van der Waals surface area contributed by atoms with Gasteiger partial charge < -0.3 is 15.3 Å². The Morgan fingerprint density at radius 1 is 1.26 bits per heavy atom. The fraction of sp³-hybridized carbons (Fsp3) is 0.588. The largest absolute Gasteiger partial charge is 0.381 e. The molecule has 1 aromatic rings. The van der Waals surface area contributed by atoms with Crippen molar-refractivity contribution in [2.24, 2.45) is 0 Å². The van der Waals surface area contributed by atoms with Crippen molar-refractivity contribution in [3.05, 3.63) is 30.1 Å². The van der Waals surface area contributed by atoms with E-state index in [1.807, 2.05) is 12.1 Å². The number of nitrogens with zero attached hydrogens (tertiary/aromatic N) is 2. The maximum Gasteiger partial charge on any atom is 0.251 e. The van der Waals surface area contributed by atoms with Gasteiger partial charge in [0, 0.05) is 32.7 Å². The average molecular weight is 323 g/mol. The first-order valence-electron chi connectivity index (χ1n) is 8.10. The van der Waals surface area contributed by atoms with Crippen LogP contribution in [0.25, 0.3) is 0 Å². The van der Waals surface area contributed by atoms with Gasteiger partial charge in [0.25, 0.3) is 5.91 Å². The van der Waals surface area contributed by atoms with Crippen molar-refractivity contribution in [1.29, 1.82) is 0 Å². The van der Waals surface area contributed by atoms with Crippen LogP contribution in [0.2, 0.25) is 0 Å². The highest BCUT2D eigenvalue weighted by Crippen LogP contribution is 2.20. The predicted molar refractivity (Wildman–Crippen MR) is 89.0 cm³/mol. The third-order valence-corrected chi connectivity index (χ3v) is 4.06. The SMILES string of the molecule is CC(C)(O)C(=O)NCCCN1CCN(c2ccccc2F)CC1. The highest BCUT2D eigenvalue weighted by atomic mass is 19.1. The summed E-state index contributed by atoms with van der Waals surface area (Å²) in [5, 5.41) is 12.3. The third-order valence-electron chi connectivity index (χ3n) is 4.06. The van der Waals surface area contributed by atoms with E-state index in [0.717, 1.165) is 39.1 Å². The van der Waals surface area contributed by atoms with Gasteiger partial charge >= 0.3 is 0 Å². The predicted octanol–water partition coefficient (Wildman–Crippen LogP) is 1.22. The summed E-state index contributed by atoms with van der Waals surface area (Å²) in [5.74, 6) is -0.517. The zero-order chi connectivity index (χ0) is 16.9. The van der Waals surface area contributed by atoms with Crippen molar-refractivity contribution in [2.75, 3.05) is 44.2 Å². The van der Waals surface area contributed by atoms with E-state index >= 15 is 0 Å². The summed E-state index contributed by atoms with van der Waals surface area (Å²) in [6.45, 7) is 7.76. The van der Waals surface area contributed by atoms with Crippen LogP contribution in [0.1, 0.15) is 20.3 Å². The molecule has 0 bridgehead atoms. The number of amides is 1. The van der Waals surface area contributed by atoms with E-state index in [-0.39, 0.29) is 11.7 Å². The molecule has 23 heavy (non-hydrogen) atoms. The first-order chi connectivity index (χ1) is 10.9. The zero-order valence-electron chi connectivity index (χ0n) is 13.9. The maximum atomic E-state index is 13.8. The van der Waals surface area contributed by atoms with Crippen molar-refractivity contribution in [3.63, 3.8) is 0 Å². The normalized spacial score (nSPS) is 16.4. The molecule has 1 saturated heterocycles. The van der Waals surface area contributed by atoms with Crippen molar-refractivity contribution in [2.45, 2.75) is 25.9 Å². The number of aliphatic hydroxyl groups is 1. The number of carbonyl (C=O) groups is 1. The van der Waals surface area contributed by atoms with Crippen molar-refractivity contribution in [3.8, 4) is 0 Å². The van der Waals surface area contributed by atoms with Gasteiger partial charge in [0.15, 0.2) is 0 Å². The fourth-order valence-electron chi connectivity index (χ4n) is 2.64. The minimum atomic E-state index is -1.33. The van der Waals surface area contributed by atoms with E-state index in [9.17, 15) is 14.3 Å². The van der Waals surface area contributed by atoms with Crippen LogP contribution in [-0.4, -0.2) is 60.8 Å². The number of hydrogen-bond acceptors (Lipinski definition) is 4. The molecule has 1 amide bonds. The van der Waals surface area contributed by atoms with Crippen LogP contribution in [0.5, 0.6) is 0 Å². The minimum absolute atomic E-state index is 0.171. The van der Waals surface area contributed by atoms with E-state index in [1.54, 1.807) is 6.07 Å². The lowest BCUT2D eigenvalue weighted by Gasteiger charge is -2.36. The maximum absolute atomic E-state index is 13.8. The van der Waals surface area contributed by atoms with Crippen LogP contribution in [-0.2, 0) is 4.79 Å². The van der Waals surface area contributed by atoms with E-state index in [0.29, 0.717) is 12.2 Å². The number of benzene rings is 1. The monoisotopic (exact) mass is 323 g/mol. The molecule has 0 spiro atoms. The van der Waals surface area contributed by atoms with Crippen LogP contribution in [0.3, 0.4) is 0 Å². The number of rotatable bonds is 6. The van der Waals surface area contributed by atoms with Gasteiger partial charge in [0.2, 0.25) is 0 Å². The molecular weight excluding hydrogens is 297 g/mol. The molecular formula is C17H26FN3O2. The van der Waals surface area contributed by atoms with Crippen LogP contribution in [0, 0.1) is 5.82 Å². The smallest absolute Gasteiger partial charge is 0.251 e. The van der Waals surface area contributed by atoms with Gasteiger partial charge in [-0.25, -0.2) is 4.39 Å². The standard InChI is InChI=1S/C17H26FN3O2/c1-17(2,23)16(22)19-8-5-9-20-10-12-21(13-11-20)15-7-4-3-6-14(15)18/h3-4,6-7,23H,5,8-13H2,1-2H3,(H,19,22). The number of nitrogens with one attached hydrogen (secondary N) is 1. The highest BCUT2D eigenvalue weighted by Gasteiger charge is 2.23. The zero-order valence-corrected chi connectivity index (χ0v) is 13.9. The Labute approximate surface area is 137 Å². The molecule has 2 rings (SSSR count). The number of para-hydroxylation sites is 1. The van der Waals surface area contributed by atoms with Gasteiger partial charge in [-0.3, -0.25) is 9.69 Å². The second-order valence-electron chi connectivity index (χ2n) is 6.45. The van der Waals surface area contributed by atoms with Gasteiger partial charge in [-0.05, 0) is 38.9 Å². The molecule has 1 fully saturated rings. The molecule has 2 N–H and O–H groups in total. The number of hydrogen-bond donors (Lipinski definition) is 2. The molecule has 0 aromatic heterocycles. The van der Waals surface area contributed by atoms with E-state index < -0.39 is 5.60 Å². The van der Waals surface area contributed by atoms with Crippen molar-refractivity contribution < 1.29 is 14.3 Å². The lowest BCUT2D eigenvalue weighted by Crippen LogP contribution is -2.47. The molecule has 0 atom stereocenters. The lowest BCUT2D eigenvalue weighted by molar-refractivity contribution is -0.136. The molecule has 0 saturated carbocycles.